The van der Waals surface area contributed by atoms with Crippen molar-refractivity contribution in [3.63, 3.8) is 0 Å². The molecule has 0 aliphatic rings. The molecule has 3 nitrogen and oxygen atoms in total. The SMILES string of the molecule is N#Cc1ccc(C(C#N)NC(c2ccccc2)c2ccccc2)cc1. The maximum Gasteiger partial charge on any atom is 0.122 e. The molecule has 0 aliphatic heterocycles. The van der Waals surface area contributed by atoms with Crippen LogP contribution in [-0.4, -0.2) is 0 Å². The Labute approximate surface area is 147 Å². The minimum Gasteiger partial charge on any atom is -0.287 e. The largest absolute Gasteiger partial charge is 0.287 e. The van der Waals surface area contributed by atoms with Gasteiger partial charge in [-0.05, 0) is 28.8 Å². The van der Waals surface area contributed by atoms with Crippen LogP contribution < -0.4 is 5.32 Å². The van der Waals surface area contributed by atoms with Crippen molar-refractivity contribution < 1.29 is 0 Å². The lowest BCUT2D eigenvalue weighted by Crippen LogP contribution is -2.26. The summed E-state index contributed by atoms with van der Waals surface area (Å²) >= 11 is 0. The summed E-state index contributed by atoms with van der Waals surface area (Å²) in [5.74, 6) is 0. The third kappa shape index (κ3) is 3.93. The number of nitrogens with one attached hydrogen (secondary N) is 1. The van der Waals surface area contributed by atoms with E-state index in [0.29, 0.717) is 5.56 Å². The van der Waals surface area contributed by atoms with Gasteiger partial charge in [-0.2, -0.15) is 10.5 Å². The van der Waals surface area contributed by atoms with E-state index in [1.165, 1.54) is 0 Å². The molecule has 0 bridgehead atoms. The van der Waals surface area contributed by atoms with Crippen molar-refractivity contribution in [1.29, 1.82) is 10.5 Å². The average molecular weight is 323 g/mol. The molecule has 25 heavy (non-hydrogen) atoms. The summed E-state index contributed by atoms with van der Waals surface area (Å²) in [4.78, 5) is 0. The zero-order valence-corrected chi connectivity index (χ0v) is 13.6. The second-order valence-corrected chi connectivity index (χ2v) is 5.72. The summed E-state index contributed by atoms with van der Waals surface area (Å²) < 4.78 is 0. The van der Waals surface area contributed by atoms with Crippen LogP contribution in [0.1, 0.15) is 34.3 Å². The molecule has 0 heterocycles. The number of hydrogen-bond acceptors (Lipinski definition) is 3. The Morgan fingerprint density at radius 1 is 0.640 bits per heavy atom. The minimum absolute atomic E-state index is 0.0947. The van der Waals surface area contributed by atoms with Crippen LogP contribution in [0.3, 0.4) is 0 Å². The Bertz CT molecular complexity index is 849. The summed E-state index contributed by atoms with van der Waals surface area (Å²) in [5.41, 5.74) is 3.63. The second kappa shape index (κ2) is 7.93. The van der Waals surface area contributed by atoms with Crippen LogP contribution in [0, 0.1) is 22.7 Å². The first-order valence-corrected chi connectivity index (χ1v) is 8.07. The first kappa shape index (κ1) is 16.5. The highest BCUT2D eigenvalue weighted by Crippen LogP contribution is 2.26. The molecule has 3 rings (SSSR count). The highest BCUT2D eigenvalue weighted by atomic mass is 15.0. The van der Waals surface area contributed by atoms with Crippen molar-refractivity contribution in [1.82, 2.24) is 5.32 Å². The van der Waals surface area contributed by atoms with Crippen LogP contribution in [0.2, 0.25) is 0 Å². The van der Waals surface area contributed by atoms with Crippen LogP contribution >= 0.6 is 0 Å². The number of nitrogens with zero attached hydrogens (tertiary/aromatic N) is 2. The van der Waals surface area contributed by atoms with Gasteiger partial charge in [0.25, 0.3) is 0 Å². The maximum absolute atomic E-state index is 9.67. The summed E-state index contributed by atoms with van der Waals surface area (Å²) in [6, 6.07) is 31.1. The standard InChI is InChI=1S/C22H17N3/c23-15-17-11-13-18(14-12-17)21(16-24)25-22(19-7-3-1-4-8-19)20-9-5-2-6-10-20/h1-14,21-22,25H. The maximum atomic E-state index is 9.67. The van der Waals surface area contributed by atoms with E-state index in [-0.39, 0.29) is 6.04 Å². The monoisotopic (exact) mass is 323 g/mol. The van der Waals surface area contributed by atoms with Crippen LogP contribution in [0.5, 0.6) is 0 Å². The zero-order chi connectivity index (χ0) is 17.5. The van der Waals surface area contributed by atoms with E-state index in [2.05, 4.69) is 41.7 Å². The van der Waals surface area contributed by atoms with Crippen molar-refractivity contribution in [2.45, 2.75) is 12.1 Å². The smallest absolute Gasteiger partial charge is 0.122 e. The number of rotatable bonds is 5. The molecule has 1 N–H and O–H groups in total. The fourth-order valence-electron chi connectivity index (χ4n) is 2.80. The predicted molar refractivity (Wildman–Crippen MR) is 97.4 cm³/mol. The lowest BCUT2D eigenvalue weighted by Gasteiger charge is -2.23. The molecule has 0 aliphatic carbocycles. The Morgan fingerprint density at radius 3 is 1.60 bits per heavy atom. The zero-order valence-electron chi connectivity index (χ0n) is 13.6. The van der Waals surface area contributed by atoms with Gasteiger partial charge in [-0.1, -0.05) is 72.8 Å². The Hall–Kier alpha value is -3.40. The third-order valence-electron chi connectivity index (χ3n) is 4.10. The molecule has 0 radical (unpaired) electrons. The summed E-state index contributed by atoms with van der Waals surface area (Å²) in [5, 5.41) is 22.1. The van der Waals surface area contributed by atoms with Gasteiger partial charge in [0.1, 0.15) is 6.04 Å². The molecule has 0 saturated carbocycles. The van der Waals surface area contributed by atoms with E-state index in [1.807, 2.05) is 48.5 Å². The van der Waals surface area contributed by atoms with Crippen LogP contribution in [0.4, 0.5) is 0 Å². The van der Waals surface area contributed by atoms with Crippen molar-refractivity contribution in [2.75, 3.05) is 0 Å². The van der Waals surface area contributed by atoms with E-state index >= 15 is 0 Å². The summed E-state index contributed by atoms with van der Waals surface area (Å²) in [6.07, 6.45) is 0. The highest BCUT2D eigenvalue weighted by Gasteiger charge is 2.19. The van der Waals surface area contributed by atoms with E-state index in [0.717, 1.165) is 16.7 Å². The van der Waals surface area contributed by atoms with Crippen LogP contribution in [0.25, 0.3) is 0 Å². The van der Waals surface area contributed by atoms with Gasteiger partial charge in [-0.3, -0.25) is 5.32 Å². The van der Waals surface area contributed by atoms with Crippen molar-refractivity contribution in [2.24, 2.45) is 0 Å². The Morgan fingerprint density at radius 2 is 1.16 bits per heavy atom. The molecular formula is C22H17N3. The third-order valence-corrected chi connectivity index (χ3v) is 4.10. The first-order chi connectivity index (χ1) is 12.3. The van der Waals surface area contributed by atoms with Crippen LogP contribution in [0.15, 0.2) is 84.9 Å². The van der Waals surface area contributed by atoms with E-state index in [9.17, 15) is 5.26 Å². The van der Waals surface area contributed by atoms with Gasteiger partial charge < -0.3 is 0 Å². The van der Waals surface area contributed by atoms with E-state index in [1.54, 1.807) is 12.1 Å². The Kier molecular flexibility index (Phi) is 5.22. The van der Waals surface area contributed by atoms with Gasteiger partial charge in [0.05, 0.1) is 23.7 Å². The van der Waals surface area contributed by atoms with Crippen molar-refractivity contribution >= 4 is 0 Å². The lowest BCUT2D eigenvalue weighted by molar-refractivity contribution is 0.559. The quantitative estimate of drug-likeness (QED) is 0.752. The number of nitriles is 2. The molecule has 120 valence electrons. The lowest BCUT2D eigenvalue weighted by atomic mass is 9.96. The molecule has 3 aromatic carbocycles. The molecule has 3 aromatic rings. The summed E-state index contributed by atoms with van der Waals surface area (Å²) in [7, 11) is 0. The molecule has 1 unspecified atom stereocenters. The van der Waals surface area contributed by atoms with Gasteiger partial charge in [-0.25, -0.2) is 0 Å². The molecule has 0 amide bonds. The van der Waals surface area contributed by atoms with Gasteiger partial charge in [0.15, 0.2) is 0 Å². The molecule has 0 aromatic heterocycles. The molecular weight excluding hydrogens is 306 g/mol. The molecule has 0 fully saturated rings. The predicted octanol–water partition coefficient (Wildman–Crippen LogP) is 4.50. The first-order valence-electron chi connectivity index (χ1n) is 8.07. The molecule has 1 atom stereocenters. The second-order valence-electron chi connectivity index (χ2n) is 5.72. The molecule has 0 saturated heterocycles. The van der Waals surface area contributed by atoms with Gasteiger partial charge in [0.2, 0.25) is 0 Å². The number of benzene rings is 3. The van der Waals surface area contributed by atoms with Gasteiger partial charge in [0, 0.05) is 0 Å². The van der Waals surface area contributed by atoms with Crippen LogP contribution in [-0.2, 0) is 0 Å². The average Bonchev–Trinajstić information content (AvgIpc) is 2.70. The van der Waals surface area contributed by atoms with Crippen molar-refractivity contribution in [3.8, 4) is 12.1 Å². The van der Waals surface area contributed by atoms with Gasteiger partial charge in [-0.15, -0.1) is 0 Å². The van der Waals surface area contributed by atoms with Crippen molar-refractivity contribution in [3.05, 3.63) is 107 Å². The van der Waals surface area contributed by atoms with Gasteiger partial charge >= 0.3 is 0 Å². The molecule has 3 heteroatoms. The Balaban J connectivity index is 1.93. The fraction of sp³-hybridized carbons (Fsp3) is 0.0909. The molecule has 0 spiro atoms. The minimum atomic E-state index is -0.474. The summed E-state index contributed by atoms with van der Waals surface area (Å²) in [6.45, 7) is 0. The fourth-order valence-corrected chi connectivity index (χ4v) is 2.80. The number of hydrogen-bond donors (Lipinski definition) is 1. The van der Waals surface area contributed by atoms with E-state index < -0.39 is 6.04 Å². The highest BCUT2D eigenvalue weighted by molar-refractivity contribution is 5.37. The normalized spacial score (nSPS) is 11.5. The van der Waals surface area contributed by atoms with E-state index in [4.69, 9.17) is 5.26 Å². The topological polar surface area (TPSA) is 59.6 Å².